The minimum atomic E-state index is -0.299. The van der Waals surface area contributed by atoms with E-state index in [2.05, 4.69) is 5.32 Å². The van der Waals surface area contributed by atoms with Crippen molar-refractivity contribution in [2.45, 2.75) is 38.2 Å². The number of carbonyl (C=O) groups is 3. The zero-order chi connectivity index (χ0) is 20.2. The molecule has 3 aliphatic heterocycles. The number of nitrogens with zero attached hydrogens (tertiary/aromatic N) is 2. The van der Waals surface area contributed by atoms with Gasteiger partial charge in [0.15, 0.2) is 0 Å². The molecule has 0 bridgehead atoms. The van der Waals surface area contributed by atoms with Crippen LogP contribution in [0.2, 0.25) is 0 Å². The molecule has 1 aromatic rings. The highest BCUT2D eigenvalue weighted by Gasteiger charge is 2.38. The zero-order valence-corrected chi connectivity index (χ0v) is 16.7. The van der Waals surface area contributed by atoms with Crippen molar-refractivity contribution in [3.8, 4) is 0 Å². The number of anilines is 1. The van der Waals surface area contributed by atoms with Gasteiger partial charge in [-0.3, -0.25) is 14.4 Å². The smallest absolute Gasteiger partial charge is 0.228 e. The van der Waals surface area contributed by atoms with Crippen molar-refractivity contribution in [3.05, 3.63) is 30.3 Å². The van der Waals surface area contributed by atoms with Gasteiger partial charge in [0.1, 0.15) is 0 Å². The second kappa shape index (κ2) is 8.95. The molecular formula is C22H29N3O4. The van der Waals surface area contributed by atoms with Gasteiger partial charge in [0.25, 0.3) is 0 Å². The lowest BCUT2D eigenvalue weighted by Gasteiger charge is -2.33. The minimum absolute atomic E-state index is 0.00190. The predicted octanol–water partition coefficient (Wildman–Crippen LogP) is 1.57. The van der Waals surface area contributed by atoms with Gasteiger partial charge in [-0.2, -0.15) is 0 Å². The third-order valence-electron chi connectivity index (χ3n) is 6.25. The highest BCUT2D eigenvalue weighted by atomic mass is 16.5. The molecule has 0 aliphatic carbocycles. The van der Waals surface area contributed by atoms with Crippen LogP contribution in [-0.4, -0.2) is 61.5 Å². The lowest BCUT2D eigenvalue weighted by Crippen LogP contribution is -2.46. The predicted molar refractivity (Wildman–Crippen MR) is 108 cm³/mol. The number of hydrogen-bond acceptors (Lipinski definition) is 4. The summed E-state index contributed by atoms with van der Waals surface area (Å²) < 4.78 is 5.55. The summed E-state index contributed by atoms with van der Waals surface area (Å²) in [5, 5.41) is 3.00. The van der Waals surface area contributed by atoms with Crippen LogP contribution in [0.25, 0.3) is 0 Å². The largest absolute Gasteiger partial charge is 0.376 e. The minimum Gasteiger partial charge on any atom is -0.376 e. The third-order valence-corrected chi connectivity index (χ3v) is 6.25. The number of piperidine rings is 1. The Morgan fingerprint density at radius 3 is 2.52 bits per heavy atom. The Balaban J connectivity index is 1.25. The van der Waals surface area contributed by atoms with Gasteiger partial charge < -0.3 is 19.9 Å². The van der Waals surface area contributed by atoms with E-state index in [1.54, 1.807) is 4.90 Å². The summed E-state index contributed by atoms with van der Waals surface area (Å²) in [5.41, 5.74) is 0.842. The first-order chi connectivity index (χ1) is 14.1. The van der Waals surface area contributed by atoms with E-state index in [-0.39, 0.29) is 42.1 Å². The Morgan fingerprint density at radius 2 is 1.83 bits per heavy atom. The van der Waals surface area contributed by atoms with E-state index in [4.69, 9.17) is 4.74 Å². The number of para-hydroxylation sites is 1. The van der Waals surface area contributed by atoms with Gasteiger partial charge in [0, 0.05) is 50.8 Å². The molecular weight excluding hydrogens is 370 g/mol. The highest BCUT2D eigenvalue weighted by molar-refractivity contribution is 6.00. The normalized spacial score (nSPS) is 25.4. The van der Waals surface area contributed by atoms with Crippen LogP contribution in [0.1, 0.15) is 32.1 Å². The molecule has 4 rings (SSSR count). The standard InChI is InChI=1S/C22H29N3O4/c26-20-13-17(15-25(20)18-5-2-1-3-6-18)22(28)24-10-8-16(9-11-24)21(27)23-14-19-7-4-12-29-19/h1-3,5-6,16-17,19H,4,7-15H2,(H,23,27). The van der Waals surface area contributed by atoms with Crippen molar-refractivity contribution in [1.82, 2.24) is 10.2 Å². The zero-order valence-electron chi connectivity index (χ0n) is 16.7. The average molecular weight is 399 g/mol. The Morgan fingerprint density at radius 1 is 1.07 bits per heavy atom. The molecule has 0 saturated carbocycles. The first kappa shape index (κ1) is 19.9. The van der Waals surface area contributed by atoms with E-state index >= 15 is 0 Å². The van der Waals surface area contributed by atoms with Crippen molar-refractivity contribution in [2.24, 2.45) is 11.8 Å². The monoisotopic (exact) mass is 399 g/mol. The van der Waals surface area contributed by atoms with E-state index in [1.165, 1.54) is 0 Å². The number of benzene rings is 1. The maximum Gasteiger partial charge on any atom is 0.228 e. The van der Waals surface area contributed by atoms with E-state index in [1.807, 2.05) is 35.2 Å². The Bertz CT molecular complexity index is 740. The number of hydrogen-bond donors (Lipinski definition) is 1. The van der Waals surface area contributed by atoms with E-state index in [9.17, 15) is 14.4 Å². The van der Waals surface area contributed by atoms with Crippen molar-refractivity contribution in [1.29, 1.82) is 0 Å². The van der Waals surface area contributed by atoms with Crippen LogP contribution in [0.4, 0.5) is 5.69 Å². The summed E-state index contributed by atoms with van der Waals surface area (Å²) in [4.78, 5) is 41.3. The van der Waals surface area contributed by atoms with Crippen LogP contribution in [0, 0.1) is 11.8 Å². The van der Waals surface area contributed by atoms with Crippen molar-refractivity contribution in [2.75, 3.05) is 37.7 Å². The van der Waals surface area contributed by atoms with Gasteiger partial charge in [-0.25, -0.2) is 0 Å². The molecule has 29 heavy (non-hydrogen) atoms. The summed E-state index contributed by atoms with van der Waals surface area (Å²) >= 11 is 0. The fourth-order valence-corrected chi connectivity index (χ4v) is 4.51. The molecule has 0 spiro atoms. The lowest BCUT2D eigenvalue weighted by molar-refractivity contribution is -0.139. The summed E-state index contributed by atoms with van der Waals surface area (Å²) in [6, 6.07) is 9.49. The second-order valence-electron chi connectivity index (χ2n) is 8.22. The van der Waals surface area contributed by atoms with Crippen LogP contribution in [0.3, 0.4) is 0 Å². The van der Waals surface area contributed by atoms with Crippen LogP contribution in [0.15, 0.2) is 30.3 Å². The number of rotatable bonds is 5. The Hall–Kier alpha value is -2.41. The topological polar surface area (TPSA) is 79.0 Å². The molecule has 2 unspecified atom stereocenters. The van der Waals surface area contributed by atoms with Gasteiger partial charge in [0.2, 0.25) is 17.7 Å². The van der Waals surface area contributed by atoms with Crippen LogP contribution in [0.5, 0.6) is 0 Å². The Kier molecular flexibility index (Phi) is 6.13. The number of amides is 3. The first-order valence-electron chi connectivity index (χ1n) is 10.7. The molecule has 2 atom stereocenters. The Labute approximate surface area is 171 Å². The quantitative estimate of drug-likeness (QED) is 0.815. The van der Waals surface area contributed by atoms with Crippen LogP contribution in [-0.2, 0) is 19.1 Å². The molecule has 3 aliphatic rings. The fourth-order valence-electron chi connectivity index (χ4n) is 4.51. The molecule has 1 N–H and O–H groups in total. The maximum absolute atomic E-state index is 12.9. The van der Waals surface area contributed by atoms with Crippen LogP contribution < -0.4 is 10.2 Å². The van der Waals surface area contributed by atoms with Gasteiger partial charge in [0.05, 0.1) is 12.0 Å². The number of ether oxygens (including phenoxy) is 1. The third kappa shape index (κ3) is 4.61. The molecule has 156 valence electrons. The number of likely N-dealkylation sites (tertiary alicyclic amines) is 1. The summed E-state index contributed by atoms with van der Waals surface area (Å²) in [6.45, 7) is 2.95. The fraction of sp³-hybridized carbons (Fsp3) is 0.591. The molecule has 3 heterocycles. The van der Waals surface area contributed by atoms with Gasteiger partial charge in [-0.05, 0) is 37.8 Å². The van der Waals surface area contributed by atoms with Crippen molar-refractivity contribution < 1.29 is 19.1 Å². The first-order valence-corrected chi connectivity index (χ1v) is 10.7. The molecule has 3 saturated heterocycles. The number of carbonyl (C=O) groups excluding carboxylic acids is 3. The van der Waals surface area contributed by atoms with E-state index in [0.717, 1.165) is 25.1 Å². The number of nitrogens with one attached hydrogen (secondary N) is 1. The van der Waals surface area contributed by atoms with Crippen molar-refractivity contribution in [3.63, 3.8) is 0 Å². The van der Waals surface area contributed by atoms with Gasteiger partial charge >= 0.3 is 0 Å². The van der Waals surface area contributed by atoms with Gasteiger partial charge in [-0.1, -0.05) is 18.2 Å². The SMILES string of the molecule is O=C(NCC1CCCO1)C1CCN(C(=O)C2CC(=O)N(c3ccccc3)C2)CC1. The molecule has 7 nitrogen and oxygen atoms in total. The average Bonchev–Trinajstić information content (AvgIpc) is 3.42. The molecule has 1 aromatic carbocycles. The van der Waals surface area contributed by atoms with E-state index in [0.29, 0.717) is 39.0 Å². The summed E-state index contributed by atoms with van der Waals surface area (Å²) in [6.07, 6.45) is 3.82. The van der Waals surface area contributed by atoms with Gasteiger partial charge in [-0.15, -0.1) is 0 Å². The van der Waals surface area contributed by atoms with E-state index < -0.39 is 0 Å². The molecule has 0 radical (unpaired) electrons. The highest BCUT2D eigenvalue weighted by Crippen LogP contribution is 2.28. The van der Waals surface area contributed by atoms with Crippen molar-refractivity contribution >= 4 is 23.4 Å². The lowest BCUT2D eigenvalue weighted by atomic mass is 9.94. The van der Waals surface area contributed by atoms with Crippen LogP contribution >= 0.6 is 0 Å². The summed E-state index contributed by atoms with van der Waals surface area (Å²) in [5.74, 6) is -0.245. The maximum atomic E-state index is 12.9. The molecule has 0 aromatic heterocycles. The molecule has 3 fully saturated rings. The molecule has 7 heteroatoms. The summed E-state index contributed by atoms with van der Waals surface area (Å²) in [7, 11) is 0. The molecule has 3 amide bonds. The second-order valence-corrected chi connectivity index (χ2v) is 8.22.